The number of carbonyl (C=O) groups is 1. The van der Waals surface area contributed by atoms with Gasteiger partial charge in [-0.3, -0.25) is 4.79 Å². The fourth-order valence-electron chi connectivity index (χ4n) is 2.47. The fraction of sp³-hybridized carbons (Fsp3) is 0.150. The van der Waals surface area contributed by atoms with E-state index in [0.29, 0.717) is 28.7 Å². The Morgan fingerprint density at radius 1 is 1.00 bits per heavy atom. The van der Waals surface area contributed by atoms with Crippen LogP contribution in [0.3, 0.4) is 0 Å². The Kier molecular flexibility index (Phi) is 5.51. The highest BCUT2D eigenvalue weighted by Crippen LogP contribution is 2.30. The molecule has 138 valence electrons. The summed E-state index contributed by atoms with van der Waals surface area (Å²) in [5.41, 5.74) is 2.71. The fourth-order valence-corrected chi connectivity index (χ4v) is 2.47. The van der Waals surface area contributed by atoms with Crippen molar-refractivity contribution in [3.05, 3.63) is 66.1 Å². The second-order valence-electron chi connectivity index (χ2n) is 5.80. The van der Waals surface area contributed by atoms with Gasteiger partial charge in [-0.2, -0.15) is 0 Å². The summed E-state index contributed by atoms with van der Waals surface area (Å²) < 4.78 is 10.5. The average molecular weight is 364 g/mol. The minimum absolute atomic E-state index is 0.226. The second kappa shape index (κ2) is 8.18. The van der Waals surface area contributed by atoms with Gasteiger partial charge in [0, 0.05) is 11.8 Å². The summed E-state index contributed by atoms with van der Waals surface area (Å²) >= 11 is 0. The van der Waals surface area contributed by atoms with Gasteiger partial charge in [0.1, 0.15) is 23.0 Å². The zero-order valence-electron chi connectivity index (χ0n) is 15.3. The standard InChI is InChI=1S/C20H20N4O3/c1-13-5-4-6-14(9-13)23-20(25)17-11-22-19(12-21-17)24-16-8-7-15(26-2)10-18(16)27-3/h4-12H,1-3H3,(H,22,24)(H,23,25). The van der Waals surface area contributed by atoms with E-state index in [-0.39, 0.29) is 11.6 Å². The van der Waals surface area contributed by atoms with Gasteiger partial charge in [-0.1, -0.05) is 12.1 Å². The Morgan fingerprint density at radius 3 is 2.52 bits per heavy atom. The van der Waals surface area contributed by atoms with E-state index in [1.165, 1.54) is 12.4 Å². The van der Waals surface area contributed by atoms with Crippen molar-refractivity contribution in [1.29, 1.82) is 0 Å². The molecule has 0 spiro atoms. The molecule has 0 atom stereocenters. The van der Waals surface area contributed by atoms with E-state index < -0.39 is 0 Å². The first-order chi connectivity index (χ1) is 13.1. The Morgan fingerprint density at radius 2 is 1.85 bits per heavy atom. The molecule has 0 bridgehead atoms. The van der Waals surface area contributed by atoms with E-state index >= 15 is 0 Å². The highest BCUT2D eigenvalue weighted by molar-refractivity contribution is 6.02. The van der Waals surface area contributed by atoms with E-state index in [0.717, 1.165) is 5.56 Å². The van der Waals surface area contributed by atoms with Crippen LogP contribution in [0.2, 0.25) is 0 Å². The molecule has 1 heterocycles. The van der Waals surface area contributed by atoms with Gasteiger partial charge in [0.15, 0.2) is 0 Å². The smallest absolute Gasteiger partial charge is 0.275 e. The maximum Gasteiger partial charge on any atom is 0.275 e. The highest BCUT2D eigenvalue weighted by atomic mass is 16.5. The summed E-state index contributed by atoms with van der Waals surface area (Å²) in [6.07, 6.45) is 2.91. The number of amides is 1. The SMILES string of the molecule is COc1ccc(Nc2cnc(C(=O)Nc3cccc(C)c3)cn2)c(OC)c1. The lowest BCUT2D eigenvalue weighted by molar-refractivity contribution is 0.102. The molecule has 1 amide bonds. The monoisotopic (exact) mass is 364 g/mol. The average Bonchev–Trinajstić information content (AvgIpc) is 2.69. The van der Waals surface area contributed by atoms with Crippen LogP contribution < -0.4 is 20.1 Å². The molecule has 3 rings (SSSR count). The molecule has 2 aromatic carbocycles. The maximum absolute atomic E-state index is 12.3. The molecule has 0 unspecified atom stereocenters. The molecule has 0 fully saturated rings. The third-order valence-corrected chi connectivity index (χ3v) is 3.83. The molecule has 7 nitrogen and oxygen atoms in total. The van der Waals surface area contributed by atoms with E-state index in [2.05, 4.69) is 20.6 Å². The molecule has 0 aliphatic carbocycles. The van der Waals surface area contributed by atoms with Crippen LogP contribution in [-0.2, 0) is 0 Å². The molecular weight excluding hydrogens is 344 g/mol. The van der Waals surface area contributed by atoms with Crippen LogP contribution in [0.4, 0.5) is 17.2 Å². The number of aromatic nitrogens is 2. The summed E-state index contributed by atoms with van der Waals surface area (Å²) in [7, 11) is 3.16. The predicted molar refractivity (Wildman–Crippen MR) is 104 cm³/mol. The summed E-state index contributed by atoms with van der Waals surface area (Å²) in [5, 5.41) is 5.92. The topological polar surface area (TPSA) is 85.4 Å². The summed E-state index contributed by atoms with van der Waals surface area (Å²) in [6.45, 7) is 1.96. The summed E-state index contributed by atoms with van der Waals surface area (Å²) in [6, 6.07) is 12.9. The number of ether oxygens (including phenoxy) is 2. The zero-order chi connectivity index (χ0) is 19.2. The molecule has 0 saturated carbocycles. The normalized spacial score (nSPS) is 10.2. The Bertz CT molecular complexity index is 942. The minimum Gasteiger partial charge on any atom is -0.497 e. The van der Waals surface area contributed by atoms with Crippen LogP contribution in [0.15, 0.2) is 54.9 Å². The van der Waals surface area contributed by atoms with Gasteiger partial charge in [-0.15, -0.1) is 0 Å². The van der Waals surface area contributed by atoms with E-state index in [1.54, 1.807) is 20.3 Å². The van der Waals surface area contributed by atoms with Crippen molar-refractivity contribution in [2.75, 3.05) is 24.9 Å². The highest BCUT2D eigenvalue weighted by Gasteiger charge is 2.10. The number of methoxy groups -OCH3 is 2. The third-order valence-electron chi connectivity index (χ3n) is 3.83. The number of carbonyl (C=O) groups excluding carboxylic acids is 1. The summed E-state index contributed by atoms with van der Waals surface area (Å²) in [4.78, 5) is 20.7. The van der Waals surface area contributed by atoms with Crippen LogP contribution >= 0.6 is 0 Å². The number of hydrogen-bond acceptors (Lipinski definition) is 6. The zero-order valence-corrected chi connectivity index (χ0v) is 15.3. The number of rotatable bonds is 6. The molecule has 0 aliphatic heterocycles. The predicted octanol–water partition coefficient (Wildman–Crippen LogP) is 3.80. The van der Waals surface area contributed by atoms with Gasteiger partial charge in [0.05, 0.1) is 32.3 Å². The number of anilines is 3. The van der Waals surface area contributed by atoms with Crippen molar-refractivity contribution in [2.24, 2.45) is 0 Å². The van der Waals surface area contributed by atoms with Gasteiger partial charge in [-0.05, 0) is 36.8 Å². The number of hydrogen-bond donors (Lipinski definition) is 2. The lowest BCUT2D eigenvalue weighted by Gasteiger charge is -2.12. The molecular formula is C20H20N4O3. The van der Waals surface area contributed by atoms with Crippen LogP contribution in [0.25, 0.3) is 0 Å². The van der Waals surface area contributed by atoms with Crippen molar-refractivity contribution >= 4 is 23.1 Å². The van der Waals surface area contributed by atoms with Gasteiger partial charge in [-0.25, -0.2) is 9.97 Å². The van der Waals surface area contributed by atoms with Crippen LogP contribution in [-0.4, -0.2) is 30.1 Å². The first-order valence-electron chi connectivity index (χ1n) is 8.28. The third kappa shape index (κ3) is 4.52. The van der Waals surface area contributed by atoms with Crippen molar-refractivity contribution in [3.63, 3.8) is 0 Å². The maximum atomic E-state index is 12.3. The minimum atomic E-state index is -0.318. The molecule has 27 heavy (non-hydrogen) atoms. The van der Waals surface area contributed by atoms with Crippen molar-refractivity contribution < 1.29 is 14.3 Å². The van der Waals surface area contributed by atoms with E-state index in [9.17, 15) is 4.79 Å². The lowest BCUT2D eigenvalue weighted by Crippen LogP contribution is -2.14. The van der Waals surface area contributed by atoms with Crippen LogP contribution in [0, 0.1) is 6.92 Å². The van der Waals surface area contributed by atoms with Crippen molar-refractivity contribution in [1.82, 2.24) is 9.97 Å². The molecule has 1 aromatic heterocycles. The molecule has 3 aromatic rings. The molecule has 7 heteroatoms. The summed E-state index contributed by atoms with van der Waals surface area (Å²) in [5.74, 6) is 1.47. The van der Waals surface area contributed by atoms with Gasteiger partial charge in [0.2, 0.25) is 0 Å². The van der Waals surface area contributed by atoms with E-state index in [4.69, 9.17) is 9.47 Å². The first kappa shape index (κ1) is 18.2. The van der Waals surface area contributed by atoms with Crippen molar-refractivity contribution in [2.45, 2.75) is 6.92 Å². The van der Waals surface area contributed by atoms with Crippen LogP contribution in [0.1, 0.15) is 16.1 Å². The van der Waals surface area contributed by atoms with Gasteiger partial charge < -0.3 is 20.1 Å². The number of nitrogens with zero attached hydrogens (tertiary/aromatic N) is 2. The number of nitrogens with one attached hydrogen (secondary N) is 2. The molecule has 2 N–H and O–H groups in total. The van der Waals surface area contributed by atoms with E-state index in [1.807, 2.05) is 43.3 Å². The van der Waals surface area contributed by atoms with Crippen LogP contribution in [0.5, 0.6) is 11.5 Å². The molecule has 0 radical (unpaired) electrons. The number of benzene rings is 2. The van der Waals surface area contributed by atoms with Crippen molar-refractivity contribution in [3.8, 4) is 11.5 Å². The Labute approximate surface area is 157 Å². The molecule has 0 aliphatic rings. The lowest BCUT2D eigenvalue weighted by atomic mass is 10.2. The second-order valence-corrected chi connectivity index (χ2v) is 5.80. The van der Waals surface area contributed by atoms with Gasteiger partial charge in [0.25, 0.3) is 5.91 Å². The van der Waals surface area contributed by atoms with Gasteiger partial charge >= 0.3 is 0 Å². The number of aryl methyl sites for hydroxylation is 1. The largest absolute Gasteiger partial charge is 0.497 e. The Balaban J connectivity index is 1.71. The Hall–Kier alpha value is -3.61. The first-order valence-corrected chi connectivity index (χ1v) is 8.28. The quantitative estimate of drug-likeness (QED) is 0.692. The molecule has 0 saturated heterocycles.